The molecular weight excluding hydrogens is 296 g/mol. The predicted molar refractivity (Wildman–Crippen MR) is 74.8 cm³/mol. The Balaban J connectivity index is 3.22. The first-order chi connectivity index (χ1) is 8.28. The molecular formula is C10H13ClN2O3S2. The molecule has 5 nitrogen and oxygen atoms in total. The molecule has 1 N–H and O–H groups in total. The van der Waals surface area contributed by atoms with Crippen molar-refractivity contribution in [3.8, 4) is 0 Å². The molecule has 0 fully saturated rings. The largest absolute Gasteiger partial charge is 0.325 e. The van der Waals surface area contributed by atoms with Crippen LogP contribution in [0.1, 0.15) is 0 Å². The van der Waals surface area contributed by atoms with E-state index in [4.69, 9.17) is 11.6 Å². The minimum Gasteiger partial charge on any atom is -0.325 e. The van der Waals surface area contributed by atoms with Crippen LogP contribution in [-0.2, 0) is 14.8 Å². The van der Waals surface area contributed by atoms with Gasteiger partial charge >= 0.3 is 0 Å². The number of thiol groups is 1. The molecule has 1 rings (SSSR count). The smallest absolute Gasteiger partial charge is 0.244 e. The number of rotatable bonds is 4. The molecule has 100 valence electrons. The molecule has 8 heteroatoms. The van der Waals surface area contributed by atoms with Gasteiger partial charge in [0.05, 0.1) is 10.8 Å². The van der Waals surface area contributed by atoms with Crippen molar-refractivity contribution in [1.82, 2.24) is 4.31 Å². The van der Waals surface area contributed by atoms with Gasteiger partial charge in [0.1, 0.15) is 4.90 Å². The molecule has 0 bridgehead atoms. The third-order valence-electron chi connectivity index (χ3n) is 2.12. The highest BCUT2D eigenvalue weighted by molar-refractivity contribution is 7.89. The quantitative estimate of drug-likeness (QED) is 0.828. The van der Waals surface area contributed by atoms with Gasteiger partial charge < -0.3 is 5.32 Å². The van der Waals surface area contributed by atoms with E-state index in [-0.39, 0.29) is 21.6 Å². The van der Waals surface area contributed by atoms with Gasteiger partial charge in [-0.25, -0.2) is 12.7 Å². The number of nitrogens with one attached hydrogen (secondary N) is 1. The van der Waals surface area contributed by atoms with Crippen LogP contribution in [0.25, 0.3) is 0 Å². The normalized spacial score (nSPS) is 11.6. The lowest BCUT2D eigenvalue weighted by atomic mass is 10.3. The Kier molecular flexibility index (Phi) is 5.03. The fourth-order valence-corrected chi connectivity index (χ4v) is 2.65. The maximum absolute atomic E-state index is 12.0. The summed E-state index contributed by atoms with van der Waals surface area (Å²) in [5.41, 5.74) is 0.360. The van der Waals surface area contributed by atoms with Gasteiger partial charge in [0.15, 0.2) is 0 Å². The van der Waals surface area contributed by atoms with Crippen LogP contribution in [0.5, 0.6) is 0 Å². The Morgan fingerprint density at radius 1 is 1.44 bits per heavy atom. The molecule has 0 heterocycles. The number of hydrogen-bond donors (Lipinski definition) is 2. The number of hydrogen-bond acceptors (Lipinski definition) is 4. The number of halogens is 1. The summed E-state index contributed by atoms with van der Waals surface area (Å²) in [5, 5.41) is 2.62. The van der Waals surface area contributed by atoms with Crippen molar-refractivity contribution in [2.45, 2.75) is 4.90 Å². The highest BCUT2D eigenvalue weighted by atomic mass is 35.5. The Morgan fingerprint density at radius 2 is 2.06 bits per heavy atom. The first-order valence-corrected chi connectivity index (χ1v) is 7.37. The molecule has 0 atom stereocenters. The standard InChI is InChI=1S/C10H13ClN2O3S2/c1-13(2)18(15,16)9-5-7(3-4-8(9)11)12-10(14)6-17/h3-5,17H,6H2,1-2H3,(H,12,14). The van der Waals surface area contributed by atoms with Crippen molar-refractivity contribution in [2.75, 3.05) is 25.2 Å². The Hall–Kier alpha value is -0.760. The Labute approximate surface area is 117 Å². The molecule has 0 aliphatic heterocycles. The topological polar surface area (TPSA) is 66.5 Å². The number of amides is 1. The zero-order chi connectivity index (χ0) is 13.9. The van der Waals surface area contributed by atoms with Gasteiger partial charge in [-0.05, 0) is 18.2 Å². The molecule has 0 saturated carbocycles. The SMILES string of the molecule is CN(C)S(=O)(=O)c1cc(NC(=O)CS)ccc1Cl. The van der Waals surface area contributed by atoms with E-state index in [2.05, 4.69) is 17.9 Å². The van der Waals surface area contributed by atoms with Crippen molar-refractivity contribution in [1.29, 1.82) is 0 Å². The molecule has 0 aromatic heterocycles. The monoisotopic (exact) mass is 308 g/mol. The summed E-state index contributed by atoms with van der Waals surface area (Å²) >= 11 is 9.68. The second kappa shape index (κ2) is 5.92. The minimum atomic E-state index is -3.64. The third-order valence-corrected chi connectivity index (χ3v) is 4.70. The van der Waals surface area contributed by atoms with E-state index < -0.39 is 10.0 Å². The first kappa shape index (κ1) is 15.3. The molecule has 18 heavy (non-hydrogen) atoms. The summed E-state index contributed by atoms with van der Waals surface area (Å²) in [7, 11) is -0.827. The van der Waals surface area contributed by atoms with Gasteiger partial charge in [0, 0.05) is 19.8 Å². The van der Waals surface area contributed by atoms with Crippen LogP contribution in [0.2, 0.25) is 5.02 Å². The van der Waals surface area contributed by atoms with E-state index in [1.54, 1.807) is 0 Å². The molecule has 1 aromatic rings. The Bertz CT molecular complexity index is 558. The summed E-state index contributed by atoms with van der Waals surface area (Å²) in [6, 6.07) is 4.27. The van der Waals surface area contributed by atoms with E-state index in [9.17, 15) is 13.2 Å². The third kappa shape index (κ3) is 3.38. The summed E-state index contributed by atoms with van der Waals surface area (Å²) in [6.45, 7) is 0. The second-order valence-corrected chi connectivity index (χ2v) is 6.48. The molecule has 0 aliphatic rings. The zero-order valence-corrected chi connectivity index (χ0v) is 12.3. The number of nitrogens with zero attached hydrogens (tertiary/aromatic N) is 1. The summed E-state index contributed by atoms with van der Waals surface area (Å²) in [4.78, 5) is 11.1. The van der Waals surface area contributed by atoms with E-state index in [0.717, 1.165) is 4.31 Å². The molecule has 0 aliphatic carbocycles. The van der Waals surface area contributed by atoms with Gasteiger partial charge in [0.25, 0.3) is 0 Å². The lowest BCUT2D eigenvalue weighted by Gasteiger charge is -2.14. The van der Waals surface area contributed by atoms with Crippen LogP contribution < -0.4 is 5.32 Å². The fraction of sp³-hybridized carbons (Fsp3) is 0.300. The molecule has 1 amide bonds. The lowest BCUT2D eigenvalue weighted by molar-refractivity contribution is -0.113. The van der Waals surface area contributed by atoms with E-state index in [0.29, 0.717) is 5.69 Å². The van der Waals surface area contributed by atoms with Gasteiger partial charge in [-0.15, -0.1) is 0 Å². The summed E-state index contributed by atoms with van der Waals surface area (Å²) in [6.07, 6.45) is 0. The van der Waals surface area contributed by atoms with Gasteiger partial charge in [-0.1, -0.05) is 11.6 Å². The maximum Gasteiger partial charge on any atom is 0.244 e. The van der Waals surface area contributed by atoms with Gasteiger partial charge in [-0.3, -0.25) is 4.79 Å². The second-order valence-electron chi connectivity index (χ2n) is 3.64. The van der Waals surface area contributed by atoms with Gasteiger partial charge in [0.2, 0.25) is 15.9 Å². The number of anilines is 1. The van der Waals surface area contributed by atoms with Crippen molar-refractivity contribution < 1.29 is 13.2 Å². The molecule has 0 spiro atoms. The van der Waals surface area contributed by atoms with Crippen LogP contribution in [0.3, 0.4) is 0 Å². The number of sulfonamides is 1. The summed E-state index contributed by atoms with van der Waals surface area (Å²) in [5.74, 6) is -0.313. The number of benzene rings is 1. The van der Waals surface area contributed by atoms with Crippen molar-refractivity contribution in [3.05, 3.63) is 23.2 Å². The average Bonchev–Trinajstić information content (AvgIpc) is 2.31. The van der Waals surface area contributed by atoms with Crippen molar-refractivity contribution in [3.63, 3.8) is 0 Å². The van der Waals surface area contributed by atoms with E-state index in [1.807, 2.05) is 0 Å². The van der Waals surface area contributed by atoms with Crippen LogP contribution in [0.15, 0.2) is 23.1 Å². The summed E-state index contributed by atoms with van der Waals surface area (Å²) < 4.78 is 25.0. The van der Waals surface area contributed by atoms with E-state index >= 15 is 0 Å². The van der Waals surface area contributed by atoms with E-state index in [1.165, 1.54) is 32.3 Å². The first-order valence-electron chi connectivity index (χ1n) is 4.92. The molecule has 0 saturated heterocycles. The predicted octanol–water partition coefficient (Wildman–Crippen LogP) is 1.46. The van der Waals surface area contributed by atoms with Crippen LogP contribution in [0, 0.1) is 0 Å². The van der Waals surface area contributed by atoms with Crippen molar-refractivity contribution >= 4 is 45.8 Å². The fourth-order valence-electron chi connectivity index (χ4n) is 1.18. The number of carbonyl (C=O) groups is 1. The minimum absolute atomic E-state index is 0.0123. The van der Waals surface area contributed by atoms with Crippen LogP contribution in [0.4, 0.5) is 5.69 Å². The maximum atomic E-state index is 12.0. The Morgan fingerprint density at radius 3 is 2.56 bits per heavy atom. The molecule has 0 unspecified atom stereocenters. The average molecular weight is 309 g/mol. The van der Waals surface area contributed by atoms with Crippen LogP contribution >= 0.6 is 24.2 Å². The molecule has 1 aromatic carbocycles. The van der Waals surface area contributed by atoms with Crippen molar-refractivity contribution in [2.24, 2.45) is 0 Å². The van der Waals surface area contributed by atoms with Crippen LogP contribution in [-0.4, -0.2) is 38.5 Å². The number of carbonyl (C=O) groups excluding carboxylic acids is 1. The zero-order valence-electron chi connectivity index (χ0n) is 9.84. The highest BCUT2D eigenvalue weighted by Gasteiger charge is 2.21. The lowest BCUT2D eigenvalue weighted by Crippen LogP contribution is -2.23. The molecule has 0 radical (unpaired) electrons. The van der Waals surface area contributed by atoms with Gasteiger partial charge in [-0.2, -0.15) is 12.6 Å². The highest BCUT2D eigenvalue weighted by Crippen LogP contribution is 2.26.